The Morgan fingerprint density at radius 2 is 1.17 bits per heavy atom. The maximum absolute atomic E-state index is 14.6. The number of nitrogens with one attached hydrogen (secondary N) is 2. The molecule has 0 aliphatic heterocycles. The fourth-order valence-electron chi connectivity index (χ4n) is 5.28. The topological polar surface area (TPSA) is 93.7 Å². The summed E-state index contributed by atoms with van der Waals surface area (Å²) in [6.45, 7) is 4.24. The van der Waals surface area contributed by atoms with Gasteiger partial charge < -0.3 is 14.6 Å². The molecule has 4 rings (SSSR count). The summed E-state index contributed by atoms with van der Waals surface area (Å²) >= 11 is 0. The Kier molecular flexibility index (Phi) is 14.4. The van der Waals surface area contributed by atoms with Crippen LogP contribution in [0.2, 0.25) is 0 Å². The van der Waals surface area contributed by atoms with E-state index in [1.165, 1.54) is 5.56 Å². The van der Waals surface area contributed by atoms with E-state index in [0.29, 0.717) is 12.8 Å². The molecular weight excluding hydrogens is 607 g/mol. The van der Waals surface area contributed by atoms with E-state index in [1.54, 1.807) is 0 Å². The molecule has 0 spiro atoms. The number of carbonyl (C=O) groups excluding carboxylic acids is 2. The van der Waals surface area contributed by atoms with Crippen LogP contribution in [0.1, 0.15) is 55.4 Å². The van der Waals surface area contributed by atoms with Crippen molar-refractivity contribution in [2.45, 2.75) is 71.2 Å². The molecule has 7 nitrogen and oxygen atoms in total. The summed E-state index contributed by atoms with van der Waals surface area (Å²) in [7, 11) is -3.53. The number of aryl methyl sites for hydroxylation is 1. The van der Waals surface area contributed by atoms with E-state index in [9.17, 15) is 14.2 Å². The van der Waals surface area contributed by atoms with Gasteiger partial charge in [-0.3, -0.25) is 9.36 Å². The highest BCUT2D eigenvalue weighted by atomic mass is 31.2. The van der Waals surface area contributed by atoms with Gasteiger partial charge in [0.25, 0.3) is 7.52 Å². The van der Waals surface area contributed by atoms with Crippen molar-refractivity contribution in [1.29, 1.82) is 0 Å². The van der Waals surface area contributed by atoms with Crippen LogP contribution in [-0.4, -0.2) is 30.1 Å². The molecule has 0 bridgehead atoms. The molecule has 0 aromatic heterocycles. The zero-order valence-electron chi connectivity index (χ0n) is 27.4. The van der Waals surface area contributed by atoms with Gasteiger partial charge in [-0.1, -0.05) is 135 Å². The summed E-state index contributed by atoms with van der Waals surface area (Å²) in [5.74, 6) is -0.808. The van der Waals surface area contributed by atoms with Crippen LogP contribution >= 0.6 is 7.52 Å². The molecule has 0 heterocycles. The van der Waals surface area contributed by atoms with E-state index >= 15 is 0 Å². The lowest BCUT2D eigenvalue weighted by molar-refractivity contribution is -0.149. The normalized spacial score (nSPS) is 13.8. The zero-order valence-corrected chi connectivity index (χ0v) is 28.3. The minimum absolute atomic E-state index is 0.112. The molecule has 248 valence electrons. The number of carbonyl (C=O) groups is 2. The molecule has 2 N–H and O–H groups in total. The summed E-state index contributed by atoms with van der Waals surface area (Å²) in [4.78, 5) is 27.3. The van der Waals surface area contributed by atoms with Crippen molar-refractivity contribution in [1.82, 2.24) is 10.4 Å². The van der Waals surface area contributed by atoms with Gasteiger partial charge in [-0.05, 0) is 60.3 Å². The third-order valence-corrected chi connectivity index (χ3v) is 9.93. The van der Waals surface area contributed by atoms with Gasteiger partial charge in [-0.2, -0.15) is 0 Å². The minimum Gasteiger partial charge on any atom is -0.459 e. The Morgan fingerprint density at radius 1 is 0.660 bits per heavy atom. The fourth-order valence-corrected chi connectivity index (χ4v) is 7.30. The minimum atomic E-state index is -3.53. The molecular formula is C39H47N2O5P. The highest BCUT2D eigenvalue weighted by molar-refractivity contribution is 7.56. The van der Waals surface area contributed by atoms with E-state index in [-0.39, 0.29) is 31.7 Å². The Balaban J connectivity index is 1.51. The predicted octanol–water partition coefficient (Wildman–Crippen LogP) is 7.89. The van der Waals surface area contributed by atoms with Crippen LogP contribution in [0.5, 0.6) is 0 Å². The lowest BCUT2D eigenvalue weighted by atomic mass is 10.0. The second kappa shape index (κ2) is 19.0. The van der Waals surface area contributed by atoms with E-state index in [2.05, 4.69) is 22.5 Å². The number of ether oxygens (including phenoxy) is 1. The smallest absolute Gasteiger partial charge is 0.328 e. The average Bonchev–Trinajstić information content (AvgIpc) is 3.09. The van der Waals surface area contributed by atoms with Gasteiger partial charge >= 0.3 is 5.97 Å². The number of hydrogen-bond donors (Lipinski definition) is 2. The fraction of sp³-hybridized carbons (Fsp3) is 0.333. The molecule has 4 aromatic carbocycles. The first-order valence-electron chi connectivity index (χ1n) is 16.4. The number of benzene rings is 4. The van der Waals surface area contributed by atoms with Gasteiger partial charge in [-0.25, -0.2) is 9.88 Å². The van der Waals surface area contributed by atoms with Crippen LogP contribution in [0, 0.1) is 5.92 Å². The van der Waals surface area contributed by atoms with Crippen LogP contribution in [0.15, 0.2) is 121 Å². The second-order valence-electron chi connectivity index (χ2n) is 12.3. The molecule has 4 aromatic rings. The van der Waals surface area contributed by atoms with Gasteiger partial charge in [0.15, 0.2) is 0 Å². The molecule has 0 aliphatic carbocycles. The Labute approximate surface area is 279 Å². The summed E-state index contributed by atoms with van der Waals surface area (Å²) < 4.78 is 26.3. The second-order valence-corrected chi connectivity index (χ2v) is 14.6. The Hall–Kier alpha value is -4.03. The third kappa shape index (κ3) is 12.9. The first-order chi connectivity index (χ1) is 22.8. The SMILES string of the molecule is CC(C)C[C@H](NC(=O)[C@H](Cc1ccccc1)NP(=O)(CCCCc1ccccc1)OCc1ccccc1)C(=O)OCc1ccccc1. The Morgan fingerprint density at radius 3 is 1.72 bits per heavy atom. The summed E-state index contributed by atoms with van der Waals surface area (Å²) in [6, 6.07) is 37.0. The summed E-state index contributed by atoms with van der Waals surface area (Å²) in [5, 5.41) is 6.11. The quantitative estimate of drug-likeness (QED) is 0.0607. The van der Waals surface area contributed by atoms with Crippen molar-refractivity contribution in [3.63, 3.8) is 0 Å². The van der Waals surface area contributed by atoms with Gasteiger partial charge in [-0.15, -0.1) is 0 Å². The van der Waals surface area contributed by atoms with Crippen molar-refractivity contribution in [2.24, 2.45) is 5.92 Å². The molecule has 3 atom stereocenters. The van der Waals surface area contributed by atoms with Crippen molar-refractivity contribution >= 4 is 19.4 Å². The highest BCUT2D eigenvalue weighted by Gasteiger charge is 2.33. The maximum atomic E-state index is 14.6. The van der Waals surface area contributed by atoms with Crippen LogP contribution in [0.3, 0.4) is 0 Å². The van der Waals surface area contributed by atoms with E-state index in [1.807, 2.05) is 123 Å². The number of amides is 1. The van der Waals surface area contributed by atoms with Crippen LogP contribution in [0.25, 0.3) is 0 Å². The number of unbranched alkanes of at least 4 members (excludes halogenated alkanes) is 1. The van der Waals surface area contributed by atoms with Crippen molar-refractivity contribution in [3.05, 3.63) is 144 Å². The van der Waals surface area contributed by atoms with Crippen molar-refractivity contribution < 1.29 is 23.4 Å². The monoisotopic (exact) mass is 654 g/mol. The Bertz CT molecular complexity index is 1540. The molecule has 0 saturated carbocycles. The standard InChI is InChI=1S/C39H47N2O5P/c1-31(2)27-37(39(43)45-29-34-22-11-5-12-23-34)40-38(42)36(28-33-20-9-4-10-21-33)41-47(44,46-30-35-24-13-6-14-25-35)26-16-15-19-32-17-7-3-8-18-32/h3-14,17-18,20-25,31,36-37H,15-16,19,26-30H2,1-2H3,(H,40,42)(H,41,44)/t36-,37-,47?/m0/s1. The van der Waals surface area contributed by atoms with E-state index in [4.69, 9.17) is 9.26 Å². The van der Waals surface area contributed by atoms with Crippen molar-refractivity contribution in [3.8, 4) is 0 Å². The predicted molar refractivity (Wildman–Crippen MR) is 188 cm³/mol. The average molecular weight is 655 g/mol. The third-order valence-electron chi connectivity index (χ3n) is 7.78. The summed E-state index contributed by atoms with van der Waals surface area (Å²) in [5.41, 5.74) is 3.87. The van der Waals surface area contributed by atoms with Crippen molar-refractivity contribution in [2.75, 3.05) is 6.16 Å². The van der Waals surface area contributed by atoms with Crippen LogP contribution in [-0.2, 0) is 49.5 Å². The van der Waals surface area contributed by atoms with E-state index in [0.717, 1.165) is 29.5 Å². The first-order valence-corrected chi connectivity index (χ1v) is 18.2. The lowest BCUT2D eigenvalue weighted by Crippen LogP contribution is -2.51. The van der Waals surface area contributed by atoms with Crippen LogP contribution in [0.4, 0.5) is 0 Å². The maximum Gasteiger partial charge on any atom is 0.328 e. The van der Waals surface area contributed by atoms with Gasteiger partial charge in [0.05, 0.1) is 12.6 Å². The number of rotatable bonds is 19. The molecule has 8 heteroatoms. The number of esters is 1. The van der Waals surface area contributed by atoms with Gasteiger partial charge in [0.2, 0.25) is 5.91 Å². The van der Waals surface area contributed by atoms with Gasteiger partial charge in [0, 0.05) is 6.16 Å². The molecule has 0 fully saturated rings. The summed E-state index contributed by atoms with van der Waals surface area (Å²) in [6.07, 6.45) is 3.26. The molecule has 1 unspecified atom stereocenters. The molecule has 0 radical (unpaired) electrons. The molecule has 0 saturated heterocycles. The zero-order chi connectivity index (χ0) is 33.3. The highest BCUT2D eigenvalue weighted by Crippen LogP contribution is 2.45. The molecule has 0 aliphatic rings. The number of hydrogen-bond acceptors (Lipinski definition) is 5. The van der Waals surface area contributed by atoms with Gasteiger partial charge in [0.1, 0.15) is 12.6 Å². The van der Waals surface area contributed by atoms with Crippen LogP contribution < -0.4 is 10.4 Å². The molecule has 1 amide bonds. The molecule has 47 heavy (non-hydrogen) atoms. The largest absolute Gasteiger partial charge is 0.459 e. The lowest BCUT2D eigenvalue weighted by Gasteiger charge is -2.28. The van der Waals surface area contributed by atoms with E-state index < -0.39 is 31.5 Å². The first kappa shape index (κ1) is 35.8.